The Morgan fingerprint density at radius 1 is 0.459 bits per heavy atom. The lowest BCUT2D eigenvalue weighted by atomic mass is 9.97. The number of hydrogen-bond donors (Lipinski definition) is 14. The quantitative estimate of drug-likeness (QED) is 0.0147. The number of imide groups is 2. The summed E-state index contributed by atoms with van der Waals surface area (Å²) >= 11 is 0. The molecule has 42 nitrogen and oxygen atoms in total. The van der Waals surface area contributed by atoms with E-state index in [4.69, 9.17) is 52.1 Å². The zero-order chi connectivity index (χ0) is 90.3. The molecule has 2 aromatic rings. The highest BCUT2D eigenvalue weighted by molar-refractivity contribution is 7.85. The summed E-state index contributed by atoms with van der Waals surface area (Å²) in [5.41, 5.74) is -0.483. The van der Waals surface area contributed by atoms with Crippen molar-refractivity contribution in [2.45, 2.75) is 187 Å². The molecular formula is C79H115N7O35S. The predicted molar refractivity (Wildman–Crippen MR) is 423 cm³/mol. The van der Waals surface area contributed by atoms with Crippen molar-refractivity contribution in [1.82, 2.24) is 25.8 Å². The van der Waals surface area contributed by atoms with Gasteiger partial charge in [0.2, 0.25) is 42.1 Å². The summed E-state index contributed by atoms with van der Waals surface area (Å²) in [4.78, 5) is 161. The molecule has 0 aromatic heterocycles. The molecule has 4 aliphatic rings. The molecule has 0 bridgehead atoms. The number of nitrogens with one attached hydrogen (secondary N) is 5. The number of ketones is 2. The first kappa shape index (κ1) is 103. The number of esters is 2. The van der Waals surface area contributed by atoms with E-state index in [0.29, 0.717) is 56.6 Å². The number of hydrogen-bond acceptors (Lipinski definition) is 34. The highest BCUT2D eigenvalue weighted by Crippen LogP contribution is 2.34. The maximum Gasteiger partial charge on any atom is 0.311 e. The van der Waals surface area contributed by atoms with Crippen LogP contribution in [0.25, 0.3) is 0 Å². The van der Waals surface area contributed by atoms with Gasteiger partial charge in [0.15, 0.2) is 0 Å². The van der Waals surface area contributed by atoms with Gasteiger partial charge in [0.05, 0.1) is 99.9 Å². The minimum atomic E-state index is -4.66. The number of Topliss-reactive ketones (excluding diaryl/α,β-unsaturated/α-hetero) is 2. The zero-order valence-corrected chi connectivity index (χ0v) is 69.8. The van der Waals surface area contributed by atoms with Crippen molar-refractivity contribution < 1.29 is 168 Å². The zero-order valence-electron chi connectivity index (χ0n) is 69.0. The van der Waals surface area contributed by atoms with Gasteiger partial charge in [-0.15, -0.1) is 0 Å². The van der Waals surface area contributed by atoms with Crippen LogP contribution in [-0.2, 0) is 128 Å². The van der Waals surface area contributed by atoms with Gasteiger partial charge in [0.1, 0.15) is 91.7 Å². The minimum Gasteiger partial charge on any atom is -0.460 e. The second-order valence-corrected chi connectivity index (χ2v) is 32.0. The number of unbranched alkanes of at least 4 members (excludes halogenated alkanes) is 2. The molecule has 6 rings (SSSR count). The Morgan fingerprint density at radius 3 is 1.35 bits per heavy atom. The monoisotopic (exact) mass is 1750 g/mol. The van der Waals surface area contributed by atoms with Gasteiger partial charge in [-0.2, -0.15) is 8.42 Å². The van der Waals surface area contributed by atoms with Gasteiger partial charge >= 0.3 is 11.9 Å². The molecule has 4 aliphatic heterocycles. The summed E-state index contributed by atoms with van der Waals surface area (Å²) in [6.07, 6.45) is -9.19. The Morgan fingerprint density at radius 2 is 0.902 bits per heavy atom. The number of carbonyl (C=O) groups excluding carboxylic acids is 13. The van der Waals surface area contributed by atoms with Crippen LogP contribution in [0.3, 0.4) is 0 Å². The number of aliphatic hydroxyl groups excluding tert-OH is 8. The van der Waals surface area contributed by atoms with E-state index < -0.39 is 173 Å². The molecule has 2 aromatic carbocycles. The molecule has 0 spiro atoms. The lowest BCUT2D eigenvalue weighted by molar-refractivity contribution is -0.277. The third-order valence-electron chi connectivity index (χ3n) is 18.3. The Hall–Kier alpha value is -9.26. The van der Waals surface area contributed by atoms with Crippen molar-refractivity contribution in [3.8, 4) is 11.5 Å². The van der Waals surface area contributed by atoms with Crippen LogP contribution in [0, 0.1) is 16.7 Å². The van der Waals surface area contributed by atoms with E-state index in [9.17, 15) is 116 Å². The summed E-state index contributed by atoms with van der Waals surface area (Å²) in [5.74, 6) is -8.47. The van der Waals surface area contributed by atoms with Crippen LogP contribution in [0.5, 0.6) is 11.5 Å². The maximum atomic E-state index is 13.0. The van der Waals surface area contributed by atoms with E-state index in [1.807, 2.05) is 0 Å². The molecule has 11 atom stereocenters. The van der Waals surface area contributed by atoms with Crippen molar-refractivity contribution in [3.05, 3.63) is 71.8 Å². The molecule has 122 heavy (non-hydrogen) atoms. The summed E-state index contributed by atoms with van der Waals surface area (Å²) in [7, 11) is -4.66. The highest BCUT2D eigenvalue weighted by atomic mass is 32.2. The van der Waals surface area contributed by atoms with Gasteiger partial charge in [-0.05, 0) is 96.2 Å². The third-order valence-corrected chi connectivity index (χ3v) is 19.1. The van der Waals surface area contributed by atoms with Gasteiger partial charge < -0.3 is 120 Å². The first-order chi connectivity index (χ1) is 57.7. The van der Waals surface area contributed by atoms with Crippen molar-refractivity contribution in [2.24, 2.45) is 16.7 Å². The lowest BCUT2D eigenvalue weighted by Crippen LogP contribution is -2.60. The van der Waals surface area contributed by atoms with Crippen LogP contribution >= 0.6 is 0 Å². The SMILES string of the molecule is CC(C)(C)C(=O)OCc1ccc(O[C@@H]2O[C@H](CO)[C@H](O)[C@H](O)[C@@H]2O)c(NC(=O)CCNC(=O)CCCCCN2C(=O)C=CC2=O)c1.CC(C)(C)C(=O)OCc1ccc(O[C@@H]2O[C@H](CO)[C@H](O)[C@H](O)[C@@H]2O)c(NC(=O)CCNC(=O)COCCNC(=O)[C@@H](CC(=O)CCOCCOCCOCCOCCCC(=O)CCN2C(=O)C=CC2=O)CS(=O)(=O)O)c1. The van der Waals surface area contributed by atoms with Crippen LogP contribution in [0.15, 0.2) is 60.7 Å². The molecule has 682 valence electrons. The minimum absolute atomic E-state index is 0.0146. The van der Waals surface area contributed by atoms with Crippen LogP contribution in [0.4, 0.5) is 11.4 Å². The second kappa shape index (κ2) is 52.4. The van der Waals surface area contributed by atoms with Crippen LogP contribution in [0.1, 0.15) is 123 Å². The average molecular weight is 1750 g/mol. The smallest absolute Gasteiger partial charge is 0.311 e. The number of anilines is 2. The third kappa shape index (κ3) is 37.4. The van der Waals surface area contributed by atoms with Crippen molar-refractivity contribution in [1.29, 1.82) is 0 Å². The van der Waals surface area contributed by atoms with Gasteiger partial charge in [0, 0.05) is 109 Å². The second-order valence-electron chi connectivity index (χ2n) is 30.5. The largest absolute Gasteiger partial charge is 0.460 e. The van der Waals surface area contributed by atoms with E-state index in [0.717, 1.165) is 9.80 Å². The van der Waals surface area contributed by atoms with Crippen molar-refractivity contribution in [3.63, 3.8) is 0 Å². The van der Waals surface area contributed by atoms with Crippen molar-refractivity contribution >= 4 is 98.2 Å². The van der Waals surface area contributed by atoms with Crippen LogP contribution in [-0.4, -0.2) is 319 Å². The molecule has 2 fully saturated rings. The van der Waals surface area contributed by atoms with Gasteiger partial charge in [0.25, 0.3) is 33.7 Å². The van der Waals surface area contributed by atoms with E-state index in [1.165, 1.54) is 54.6 Å². The molecule has 14 N–H and O–H groups in total. The number of amides is 9. The van der Waals surface area contributed by atoms with Gasteiger partial charge in [-0.1, -0.05) is 18.6 Å². The molecule has 0 unspecified atom stereocenters. The number of ether oxygens (including phenoxy) is 11. The number of benzene rings is 2. The average Bonchev–Trinajstić information content (AvgIpc) is 0.941. The first-order valence-electron chi connectivity index (χ1n) is 39.6. The number of aliphatic hydroxyl groups is 8. The summed E-state index contributed by atoms with van der Waals surface area (Å²) < 4.78 is 92.7. The molecular weight excluding hydrogens is 1640 g/mol. The van der Waals surface area contributed by atoms with Crippen LogP contribution < -0.4 is 36.1 Å². The summed E-state index contributed by atoms with van der Waals surface area (Å²) in [6.45, 7) is 9.44. The fourth-order valence-corrected chi connectivity index (χ4v) is 12.1. The molecule has 2 saturated heterocycles. The van der Waals surface area contributed by atoms with Gasteiger partial charge in [-0.25, -0.2) is 0 Å². The Labute approximate surface area is 704 Å². The summed E-state index contributed by atoms with van der Waals surface area (Å²) in [5, 5.41) is 93.3. The molecule has 0 radical (unpaired) electrons. The fourth-order valence-electron chi connectivity index (χ4n) is 11.4. The van der Waals surface area contributed by atoms with E-state index in [1.54, 1.807) is 47.6 Å². The lowest BCUT2D eigenvalue weighted by Gasteiger charge is -2.39. The Kier molecular flexibility index (Phi) is 44.3. The number of carbonyl (C=O) groups is 13. The fraction of sp³-hybridized carbons (Fsp3) is 0.633. The molecule has 0 saturated carbocycles. The standard InChI is InChI=1S/C48H72N4O23S.C31H43N3O12/c1-48(2,3)47(64)73-28-31-6-7-36(74-46-44(62)43(61)42(60)37(27-53)75-46)35(25-31)51-38(56)10-13-49-39(57)29-72-18-14-50-45(63)32(30-76(65,66)67)26-34(55)12-17-69-20-22-71-24-23-70-21-19-68-16-4-5-33(54)11-15-52-40(58)8-9-41(52)59;1-31(2,3)30(43)44-17-18-8-9-20(45-29-28(42)27(41)26(40)21(16-35)46-29)19(15-18)33-23(37)12-13-32-22(36)7-5-4-6-14-34-24(38)10-11-25(34)39/h6-9,25,32,37,42-44,46,53,60-62H,4-5,10-24,26-30H2,1-3H3,(H,49,57)(H,50,63)(H,51,56)(H,65,66,67);8-11,15,21,26-29,35,40-42H,4-7,12-14,16-17H2,1-3H3,(H,32,36)(H,33,37)/t32-,37+,42-,43-,44-,46+;21-,26+,27+,28+,29-/m01/s1. The number of rotatable bonds is 53. The molecule has 4 heterocycles. The predicted octanol–water partition coefficient (Wildman–Crippen LogP) is -2.00. The van der Waals surface area contributed by atoms with Crippen LogP contribution in [0.2, 0.25) is 0 Å². The molecule has 0 aliphatic carbocycles. The topological polar surface area (TPSA) is 606 Å². The van der Waals surface area contributed by atoms with E-state index in [-0.39, 0.29) is 170 Å². The van der Waals surface area contributed by atoms with Gasteiger partial charge in [-0.3, -0.25) is 76.7 Å². The van der Waals surface area contributed by atoms with Crippen molar-refractivity contribution in [2.75, 3.05) is 128 Å². The molecule has 9 amide bonds. The summed E-state index contributed by atoms with van der Waals surface area (Å²) in [6, 6.07) is 8.79. The Bertz CT molecular complexity index is 3960. The number of nitrogens with zero attached hydrogens (tertiary/aromatic N) is 2. The highest BCUT2D eigenvalue weighted by Gasteiger charge is 2.47. The Balaban J connectivity index is 0.000000489. The molecule has 43 heteroatoms. The first-order valence-corrected chi connectivity index (χ1v) is 41.2. The normalized spacial score (nSPS) is 20.5. The van der Waals surface area contributed by atoms with E-state index in [2.05, 4.69) is 26.6 Å². The van der Waals surface area contributed by atoms with E-state index >= 15 is 0 Å². The maximum absolute atomic E-state index is 13.0.